The molecule has 2 amide bonds. The van der Waals surface area contributed by atoms with Gasteiger partial charge in [-0.2, -0.15) is 0 Å². The molecule has 0 spiro atoms. The van der Waals surface area contributed by atoms with Crippen LogP contribution in [0.15, 0.2) is 18.2 Å². The number of carbonyl (C=O) groups excluding carboxylic acids is 2. The van der Waals surface area contributed by atoms with Gasteiger partial charge in [0.1, 0.15) is 5.56 Å². The lowest BCUT2D eigenvalue weighted by atomic mass is 10.1. The summed E-state index contributed by atoms with van der Waals surface area (Å²) in [6, 6.07) is 4.15. The lowest BCUT2D eigenvalue weighted by Gasteiger charge is -2.20. The first-order chi connectivity index (χ1) is 10.0. The number of fused-ring (bicyclic) bond motifs is 1. The van der Waals surface area contributed by atoms with Gasteiger partial charge in [-0.05, 0) is 18.4 Å². The molecule has 1 atom stereocenters. The second kappa shape index (κ2) is 6.34. The SMILES string of the molecule is CCCC(CBr)CN1C(=O)c2cccc([N+](=O)[O-])c2C1=O. The van der Waals surface area contributed by atoms with Crippen molar-refractivity contribution < 1.29 is 14.5 Å². The van der Waals surface area contributed by atoms with Gasteiger partial charge in [0.05, 0.1) is 10.5 Å². The standard InChI is InChI=1S/C14H15BrN2O4/c1-2-4-9(7-15)8-16-13(18)10-5-3-6-11(17(20)21)12(10)14(16)19/h3,5-6,9H,2,4,7-8H2,1H3. The van der Waals surface area contributed by atoms with Crippen LogP contribution in [0.25, 0.3) is 0 Å². The molecule has 1 aliphatic heterocycles. The zero-order valence-electron chi connectivity index (χ0n) is 11.5. The highest BCUT2D eigenvalue weighted by Crippen LogP contribution is 2.31. The van der Waals surface area contributed by atoms with Crippen LogP contribution in [0.4, 0.5) is 5.69 Å². The fourth-order valence-electron chi connectivity index (χ4n) is 2.52. The lowest BCUT2D eigenvalue weighted by molar-refractivity contribution is -0.385. The number of rotatable bonds is 6. The van der Waals surface area contributed by atoms with E-state index in [1.807, 2.05) is 6.92 Å². The number of amides is 2. The molecule has 0 radical (unpaired) electrons. The molecule has 112 valence electrons. The minimum atomic E-state index is -0.623. The smallest absolute Gasteiger partial charge is 0.274 e. The molecular weight excluding hydrogens is 340 g/mol. The molecule has 21 heavy (non-hydrogen) atoms. The van der Waals surface area contributed by atoms with Crippen LogP contribution in [0.3, 0.4) is 0 Å². The molecule has 7 heteroatoms. The average Bonchev–Trinajstić information content (AvgIpc) is 2.71. The minimum absolute atomic E-state index is 0.0858. The molecule has 1 unspecified atom stereocenters. The van der Waals surface area contributed by atoms with Crippen LogP contribution in [0.5, 0.6) is 0 Å². The van der Waals surface area contributed by atoms with Crippen LogP contribution in [-0.4, -0.2) is 33.5 Å². The minimum Gasteiger partial charge on any atom is -0.274 e. The molecule has 1 aromatic rings. The summed E-state index contributed by atoms with van der Waals surface area (Å²) in [6.07, 6.45) is 1.82. The van der Waals surface area contributed by atoms with Gasteiger partial charge in [0.2, 0.25) is 0 Å². The predicted octanol–water partition coefficient (Wildman–Crippen LogP) is 3.00. The lowest BCUT2D eigenvalue weighted by Crippen LogP contribution is -2.35. The van der Waals surface area contributed by atoms with E-state index in [2.05, 4.69) is 15.9 Å². The van der Waals surface area contributed by atoms with E-state index in [-0.39, 0.29) is 29.3 Å². The van der Waals surface area contributed by atoms with Crippen molar-refractivity contribution in [2.45, 2.75) is 19.8 Å². The molecule has 1 heterocycles. The summed E-state index contributed by atoms with van der Waals surface area (Å²) in [5.41, 5.74) is -0.268. The normalized spacial score (nSPS) is 15.2. The molecule has 0 aliphatic carbocycles. The van der Waals surface area contributed by atoms with Gasteiger partial charge < -0.3 is 0 Å². The van der Waals surface area contributed by atoms with Gasteiger partial charge in [-0.25, -0.2) is 0 Å². The summed E-state index contributed by atoms with van der Waals surface area (Å²) in [6.45, 7) is 2.31. The van der Waals surface area contributed by atoms with E-state index in [1.54, 1.807) is 0 Å². The van der Waals surface area contributed by atoms with Gasteiger partial charge in [0, 0.05) is 17.9 Å². The van der Waals surface area contributed by atoms with Crippen molar-refractivity contribution in [2.24, 2.45) is 5.92 Å². The van der Waals surface area contributed by atoms with E-state index in [0.29, 0.717) is 5.33 Å². The number of benzene rings is 1. The molecule has 1 aliphatic rings. The van der Waals surface area contributed by atoms with E-state index in [0.717, 1.165) is 17.7 Å². The van der Waals surface area contributed by atoms with Crippen LogP contribution in [0.1, 0.15) is 40.5 Å². The Morgan fingerprint density at radius 2 is 2.05 bits per heavy atom. The molecule has 1 aromatic carbocycles. The number of nitrogens with zero attached hydrogens (tertiary/aromatic N) is 2. The number of nitro groups is 1. The second-order valence-corrected chi connectivity index (χ2v) is 5.63. The first-order valence-electron chi connectivity index (χ1n) is 6.70. The Labute approximate surface area is 130 Å². The topological polar surface area (TPSA) is 80.5 Å². The zero-order valence-corrected chi connectivity index (χ0v) is 13.1. The highest BCUT2D eigenvalue weighted by Gasteiger charge is 2.41. The predicted molar refractivity (Wildman–Crippen MR) is 80.7 cm³/mol. The number of carbonyl (C=O) groups is 2. The molecule has 0 aromatic heterocycles. The molecule has 2 rings (SSSR count). The summed E-state index contributed by atoms with van der Waals surface area (Å²) in [4.78, 5) is 36.2. The highest BCUT2D eigenvalue weighted by atomic mass is 79.9. The Morgan fingerprint density at radius 3 is 2.62 bits per heavy atom. The molecule has 0 saturated heterocycles. The van der Waals surface area contributed by atoms with Gasteiger partial charge in [-0.15, -0.1) is 0 Å². The van der Waals surface area contributed by atoms with E-state index in [9.17, 15) is 19.7 Å². The van der Waals surface area contributed by atoms with Gasteiger partial charge in [0.25, 0.3) is 17.5 Å². The summed E-state index contributed by atoms with van der Waals surface area (Å²) in [7, 11) is 0. The summed E-state index contributed by atoms with van der Waals surface area (Å²) >= 11 is 3.38. The maximum atomic E-state index is 12.4. The van der Waals surface area contributed by atoms with Crippen molar-refractivity contribution in [3.8, 4) is 0 Å². The fraction of sp³-hybridized carbons (Fsp3) is 0.429. The summed E-state index contributed by atoms with van der Waals surface area (Å²) < 4.78 is 0. The van der Waals surface area contributed by atoms with Gasteiger partial charge in [-0.1, -0.05) is 35.3 Å². The van der Waals surface area contributed by atoms with Crippen molar-refractivity contribution in [3.05, 3.63) is 39.4 Å². The zero-order chi connectivity index (χ0) is 15.6. The third-order valence-electron chi connectivity index (χ3n) is 3.53. The van der Waals surface area contributed by atoms with Crippen LogP contribution >= 0.6 is 15.9 Å². The molecule has 0 bridgehead atoms. The van der Waals surface area contributed by atoms with E-state index in [4.69, 9.17) is 0 Å². The van der Waals surface area contributed by atoms with Crippen molar-refractivity contribution in [2.75, 3.05) is 11.9 Å². The van der Waals surface area contributed by atoms with Gasteiger partial charge in [0.15, 0.2) is 0 Å². The Bertz CT molecular complexity index is 603. The van der Waals surface area contributed by atoms with Crippen molar-refractivity contribution in [1.29, 1.82) is 0 Å². The Balaban J connectivity index is 2.34. The molecule has 0 fully saturated rings. The quantitative estimate of drug-likeness (QED) is 0.340. The third kappa shape index (κ3) is 2.83. The number of hydrogen-bond donors (Lipinski definition) is 0. The van der Waals surface area contributed by atoms with Crippen LogP contribution in [0.2, 0.25) is 0 Å². The number of hydrogen-bond acceptors (Lipinski definition) is 4. The molecule has 0 N–H and O–H groups in total. The maximum Gasteiger partial charge on any atom is 0.282 e. The van der Waals surface area contributed by atoms with Crippen molar-refractivity contribution in [3.63, 3.8) is 0 Å². The van der Waals surface area contributed by atoms with E-state index < -0.39 is 16.7 Å². The first kappa shape index (κ1) is 15.6. The highest BCUT2D eigenvalue weighted by molar-refractivity contribution is 9.09. The fourth-order valence-corrected chi connectivity index (χ4v) is 3.05. The van der Waals surface area contributed by atoms with Gasteiger partial charge >= 0.3 is 0 Å². The number of halogens is 1. The summed E-state index contributed by atoms with van der Waals surface area (Å²) in [5, 5.41) is 11.7. The van der Waals surface area contributed by atoms with Gasteiger partial charge in [-0.3, -0.25) is 24.6 Å². The van der Waals surface area contributed by atoms with Crippen LogP contribution in [-0.2, 0) is 0 Å². The first-order valence-corrected chi connectivity index (χ1v) is 7.83. The Morgan fingerprint density at radius 1 is 1.33 bits per heavy atom. The summed E-state index contributed by atoms with van der Waals surface area (Å²) in [5.74, 6) is -0.860. The van der Waals surface area contributed by atoms with Crippen LogP contribution < -0.4 is 0 Å². The monoisotopic (exact) mass is 354 g/mol. The molecule has 6 nitrogen and oxygen atoms in total. The van der Waals surface area contributed by atoms with Crippen molar-refractivity contribution >= 4 is 33.4 Å². The Kier molecular flexibility index (Phi) is 4.72. The van der Waals surface area contributed by atoms with Crippen molar-refractivity contribution in [1.82, 2.24) is 4.90 Å². The number of nitro benzene ring substituents is 1. The van der Waals surface area contributed by atoms with Crippen LogP contribution in [0, 0.1) is 16.0 Å². The molecular formula is C14H15BrN2O4. The largest absolute Gasteiger partial charge is 0.282 e. The third-order valence-corrected chi connectivity index (χ3v) is 4.45. The maximum absolute atomic E-state index is 12.4. The number of imide groups is 1. The average molecular weight is 355 g/mol. The molecule has 0 saturated carbocycles. The second-order valence-electron chi connectivity index (χ2n) is 4.99. The van der Waals surface area contributed by atoms with E-state index in [1.165, 1.54) is 18.2 Å². The Hall–Kier alpha value is -1.76. The van der Waals surface area contributed by atoms with E-state index >= 15 is 0 Å². The number of alkyl halides is 1.